The van der Waals surface area contributed by atoms with Crippen LogP contribution in [0.25, 0.3) is 0 Å². The van der Waals surface area contributed by atoms with Crippen molar-refractivity contribution in [2.45, 2.75) is 39.3 Å². The molecule has 0 heterocycles. The van der Waals surface area contributed by atoms with E-state index in [1.165, 1.54) is 0 Å². The summed E-state index contributed by atoms with van der Waals surface area (Å²) in [6.45, 7) is 6.18. The summed E-state index contributed by atoms with van der Waals surface area (Å²) in [4.78, 5) is 2.69. The minimum Gasteiger partial charge on any atom is -0.491 e. The van der Waals surface area contributed by atoms with E-state index in [0.29, 0.717) is 0 Å². The Hall–Kier alpha value is -0.730. The predicted octanol–water partition coefficient (Wildman–Crippen LogP) is 3.67. The maximum absolute atomic E-state index is 5.73. The molecule has 0 fully saturated rings. The largest absolute Gasteiger partial charge is 0.491 e. The van der Waals surface area contributed by atoms with Gasteiger partial charge in [-0.2, -0.15) is 0 Å². The fourth-order valence-corrected chi connectivity index (χ4v) is 1.36. The van der Waals surface area contributed by atoms with Gasteiger partial charge in [0.15, 0.2) is 0 Å². The first-order valence-electron chi connectivity index (χ1n) is 5.30. The monoisotopic (exact) mass is 227 g/mol. The third-order valence-corrected chi connectivity index (χ3v) is 2.76. The van der Waals surface area contributed by atoms with Gasteiger partial charge in [-0.1, -0.05) is 19.1 Å². The Morgan fingerprint density at radius 2 is 2.13 bits per heavy atom. The number of rotatable bonds is 5. The van der Waals surface area contributed by atoms with Gasteiger partial charge in [0, 0.05) is 6.04 Å². The maximum Gasteiger partial charge on any atom is 0.120 e. The fraction of sp³-hybridized carbons (Fsp3) is 0.500. The van der Waals surface area contributed by atoms with Crippen molar-refractivity contribution in [3.8, 4) is 5.75 Å². The summed E-state index contributed by atoms with van der Waals surface area (Å²) >= 11 is 5.58. The molecule has 0 aliphatic heterocycles. The van der Waals surface area contributed by atoms with Gasteiger partial charge in [0.2, 0.25) is 0 Å². The van der Waals surface area contributed by atoms with E-state index in [-0.39, 0.29) is 12.1 Å². The van der Waals surface area contributed by atoms with Gasteiger partial charge >= 0.3 is 0 Å². The predicted molar refractivity (Wildman–Crippen MR) is 64.2 cm³/mol. The van der Waals surface area contributed by atoms with Crippen molar-refractivity contribution in [2.24, 2.45) is 0 Å². The van der Waals surface area contributed by atoms with Gasteiger partial charge in [-0.3, -0.25) is 0 Å². The lowest BCUT2D eigenvalue weighted by Gasteiger charge is -2.15. The summed E-state index contributed by atoms with van der Waals surface area (Å²) in [6, 6.07) is 8.14. The van der Waals surface area contributed by atoms with Gasteiger partial charge in [0.25, 0.3) is 0 Å². The molecule has 0 aliphatic rings. The molecule has 3 heteroatoms. The van der Waals surface area contributed by atoms with Crippen LogP contribution in [0.4, 0.5) is 0 Å². The maximum atomic E-state index is 5.73. The van der Waals surface area contributed by atoms with Crippen molar-refractivity contribution in [3.63, 3.8) is 0 Å². The molecule has 0 aromatic heterocycles. The zero-order valence-electron chi connectivity index (χ0n) is 9.46. The topological polar surface area (TPSA) is 21.3 Å². The molecule has 0 radical (unpaired) electrons. The van der Waals surface area contributed by atoms with Crippen molar-refractivity contribution in [3.05, 3.63) is 29.8 Å². The summed E-state index contributed by atoms with van der Waals surface area (Å²) < 4.78 is 5.73. The van der Waals surface area contributed by atoms with E-state index in [2.05, 4.69) is 18.7 Å². The Kier molecular flexibility index (Phi) is 4.92. The number of nitrogens with one attached hydrogen (secondary N) is 1. The summed E-state index contributed by atoms with van der Waals surface area (Å²) in [5.41, 5.74) is 1.13. The molecule has 0 amide bonds. The third kappa shape index (κ3) is 3.73. The van der Waals surface area contributed by atoms with Crippen molar-refractivity contribution >= 4 is 11.8 Å². The quantitative estimate of drug-likeness (QED) is 0.775. The first-order chi connectivity index (χ1) is 7.17. The Morgan fingerprint density at radius 3 is 2.73 bits per heavy atom. The highest BCUT2D eigenvalue weighted by atomic mass is 35.5. The third-order valence-electron chi connectivity index (χ3n) is 2.43. The van der Waals surface area contributed by atoms with Crippen LogP contribution in [0.5, 0.6) is 5.75 Å². The molecule has 0 spiro atoms. The number of benzene rings is 1. The summed E-state index contributed by atoms with van der Waals surface area (Å²) in [7, 11) is 0. The van der Waals surface area contributed by atoms with Crippen molar-refractivity contribution in [1.82, 2.24) is 4.84 Å². The highest BCUT2D eigenvalue weighted by molar-refractivity contribution is 6.13. The van der Waals surface area contributed by atoms with Crippen molar-refractivity contribution < 1.29 is 4.74 Å². The van der Waals surface area contributed by atoms with Gasteiger partial charge in [-0.25, -0.2) is 4.84 Å². The van der Waals surface area contributed by atoms with Gasteiger partial charge in [0.1, 0.15) is 5.75 Å². The molecule has 0 saturated carbocycles. The summed E-state index contributed by atoms with van der Waals surface area (Å²) in [5, 5.41) is 0. The molecule has 1 aromatic carbocycles. The number of hydrogen-bond donors (Lipinski definition) is 1. The second kappa shape index (κ2) is 5.99. The lowest BCUT2D eigenvalue weighted by molar-refractivity contribution is 0.217. The normalized spacial score (nSPS) is 14.7. The van der Waals surface area contributed by atoms with Crippen LogP contribution in [0.15, 0.2) is 24.3 Å². The molecule has 15 heavy (non-hydrogen) atoms. The lowest BCUT2D eigenvalue weighted by atomic mass is 10.1. The molecule has 0 saturated heterocycles. The van der Waals surface area contributed by atoms with Crippen LogP contribution in [0.1, 0.15) is 38.8 Å². The summed E-state index contributed by atoms with van der Waals surface area (Å²) in [6.07, 6.45) is 1.26. The summed E-state index contributed by atoms with van der Waals surface area (Å²) in [5.74, 6) is 0.903. The first-order valence-corrected chi connectivity index (χ1v) is 5.68. The number of ether oxygens (including phenoxy) is 1. The van der Waals surface area contributed by atoms with Crippen molar-refractivity contribution in [1.29, 1.82) is 0 Å². The van der Waals surface area contributed by atoms with E-state index in [1.54, 1.807) is 0 Å². The number of hydrogen-bond acceptors (Lipinski definition) is 2. The zero-order chi connectivity index (χ0) is 11.3. The number of halogens is 1. The molecular weight excluding hydrogens is 210 g/mol. The fourth-order valence-electron chi connectivity index (χ4n) is 1.24. The van der Waals surface area contributed by atoms with E-state index in [0.717, 1.165) is 17.7 Å². The SMILES string of the molecule is CC[C@@H](C)Oc1cccc([C@@H](C)NCl)c1. The first kappa shape index (κ1) is 12.3. The van der Waals surface area contributed by atoms with Crippen LogP contribution in [-0.4, -0.2) is 6.10 Å². The van der Waals surface area contributed by atoms with E-state index in [4.69, 9.17) is 16.5 Å². The molecule has 0 aliphatic carbocycles. The van der Waals surface area contributed by atoms with Crippen LogP contribution in [-0.2, 0) is 0 Å². The molecule has 2 atom stereocenters. The average molecular weight is 228 g/mol. The second-order valence-electron chi connectivity index (χ2n) is 3.74. The Bertz CT molecular complexity index is 303. The molecule has 0 unspecified atom stereocenters. The lowest BCUT2D eigenvalue weighted by Crippen LogP contribution is -2.11. The molecule has 84 valence electrons. The molecular formula is C12H18ClNO. The van der Waals surface area contributed by atoms with Gasteiger partial charge < -0.3 is 4.74 Å². The molecule has 2 nitrogen and oxygen atoms in total. The van der Waals surface area contributed by atoms with E-state index >= 15 is 0 Å². The molecule has 1 rings (SSSR count). The Labute approximate surface area is 96.7 Å². The minimum atomic E-state index is 0.132. The zero-order valence-corrected chi connectivity index (χ0v) is 10.2. The molecule has 0 bridgehead atoms. The molecule has 1 N–H and O–H groups in total. The van der Waals surface area contributed by atoms with E-state index < -0.39 is 0 Å². The van der Waals surface area contributed by atoms with Crippen LogP contribution >= 0.6 is 11.8 Å². The van der Waals surface area contributed by atoms with Crippen LogP contribution in [0.2, 0.25) is 0 Å². The highest BCUT2D eigenvalue weighted by Crippen LogP contribution is 2.20. The van der Waals surface area contributed by atoms with E-state index in [9.17, 15) is 0 Å². The van der Waals surface area contributed by atoms with Crippen LogP contribution in [0.3, 0.4) is 0 Å². The second-order valence-corrected chi connectivity index (χ2v) is 3.96. The minimum absolute atomic E-state index is 0.132. The standard InChI is InChI=1S/C12H18ClNO/c1-4-9(2)15-12-7-5-6-11(8-12)10(3)14-13/h5-10,14H,4H2,1-3H3/t9-,10-/m1/s1. The average Bonchev–Trinajstić information content (AvgIpc) is 2.28. The highest BCUT2D eigenvalue weighted by Gasteiger charge is 2.06. The Balaban J connectivity index is 2.74. The van der Waals surface area contributed by atoms with Gasteiger partial charge in [-0.05, 0) is 49.7 Å². The van der Waals surface area contributed by atoms with Crippen molar-refractivity contribution in [2.75, 3.05) is 0 Å². The van der Waals surface area contributed by atoms with Gasteiger partial charge in [-0.15, -0.1) is 0 Å². The smallest absolute Gasteiger partial charge is 0.120 e. The van der Waals surface area contributed by atoms with Crippen LogP contribution in [0, 0.1) is 0 Å². The molecule has 1 aromatic rings. The van der Waals surface area contributed by atoms with Gasteiger partial charge in [0.05, 0.1) is 6.10 Å². The van der Waals surface area contributed by atoms with Crippen LogP contribution < -0.4 is 9.57 Å². The Morgan fingerprint density at radius 1 is 1.40 bits per heavy atom. The van der Waals surface area contributed by atoms with E-state index in [1.807, 2.05) is 31.2 Å².